The summed E-state index contributed by atoms with van der Waals surface area (Å²) in [6.07, 6.45) is -3.83. The lowest BCUT2D eigenvalue weighted by molar-refractivity contribution is -0.139. The van der Waals surface area contributed by atoms with Crippen LogP contribution in [0.2, 0.25) is 0 Å². The second-order valence-electron chi connectivity index (χ2n) is 5.63. The number of fused-ring (bicyclic) bond motifs is 1. The Balaban J connectivity index is 1.90. The number of sulfonamides is 1. The Morgan fingerprint density at radius 3 is 2.17 bits per heavy atom. The fraction of sp³-hybridized carbons (Fsp3) is 0.250. The molecule has 1 aliphatic rings. The van der Waals surface area contributed by atoms with Gasteiger partial charge in [0.2, 0.25) is 10.0 Å². The molecule has 0 radical (unpaired) electrons. The van der Waals surface area contributed by atoms with Crippen LogP contribution in [0.4, 0.5) is 13.2 Å². The van der Waals surface area contributed by atoms with Gasteiger partial charge < -0.3 is 0 Å². The third-order valence-corrected chi connectivity index (χ3v) is 5.98. The minimum absolute atomic E-state index is 0.169. The molecular formula is C16H13BrF3NO2S. The van der Waals surface area contributed by atoms with E-state index in [4.69, 9.17) is 0 Å². The van der Waals surface area contributed by atoms with Crippen molar-refractivity contribution in [2.45, 2.75) is 30.0 Å². The van der Waals surface area contributed by atoms with Crippen molar-refractivity contribution in [3.05, 3.63) is 63.6 Å². The fourth-order valence-corrected chi connectivity index (χ4v) is 4.69. The summed E-state index contributed by atoms with van der Waals surface area (Å²) in [5, 5.41) is 0. The van der Waals surface area contributed by atoms with E-state index < -0.39 is 32.7 Å². The highest BCUT2D eigenvalue weighted by Gasteiger charge is 2.38. The van der Waals surface area contributed by atoms with Gasteiger partial charge in [-0.25, -0.2) is 13.1 Å². The van der Waals surface area contributed by atoms with E-state index in [1.165, 1.54) is 6.07 Å². The number of halogens is 4. The van der Waals surface area contributed by atoms with E-state index in [1.807, 2.05) is 24.3 Å². The Morgan fingerprint density at radius 1 is 1.04 bits per heavy atom. The predicted molar refractivity (Wildman–Crippen MR) is 87.1 cm³/mol. The quantitative estimate of drug-likeness (QED) is 0.819. The van der Waals surface area contributed by atoms with Crippen molar-refractivity contribution in [3.8, 4) is 0 Å². The van der Waals surface area contributed by atoms with Gasteiger partial charge in [0.25, 0.3) is 0 Å². The first-order valence-corrected chi connectivity index (χ1v) is 9.40. The molecular weight excluding hydrogens is 407 g/mol. The van der Waals surface area contributed by atoms with E-state index in [9.17, 15) is 21.6 Å². The van der Waals surface area contributed by atoms with Crippen molar-refractivity contribution < 1.29 is 21.6 Å². The van der Waals surface area contributed by atoms with Crippen LogP contribution >= 0.6 is 15.9 Å². The fourth-order valence-electron chi connectivity index (χ4n) is 2.88. The number of benzene rings is 2. The van der Waals surface area contributed by atoms with Crippen LogP contribution in [0.3, 0.4) is 0 Å². The zero-order valence-corrected chi connectivity index (χ0v) is 14.7. The van der Waals surface area contributed by atoms with Gasteiger partial charge in [0.15, 0.2) is 0 Å². The molecule has 0 heterocycles. The van der Waals surface area contributed by atoms with Crippen molar-refractivity contribution in [2.24, 2.45) is 0 Å². The van der Waals surface area contributed by atoms with E-state index in [-0.39, 0.29) is 4.47 Å². The molecule has 0 aromatic heterocycles. The van der Waals surface area contributed by atoms with Gasteiger partial charge in [0, 0.05) is 10.5 Å². The van der Waals surface area contributed by atoms with Gasteiger partial charge in [0.05, 0.1) is 10.5 Å². The lowest BCUT2D eigenvalue weighted by atomic mass is 10.1. The summed E-state index contributed by atoms with van der Waals surface area (Å²) in [7, 11) is -4.28. The normalized spacial score (nSPS) is 15.5. The van der Waals surface area contributed by atoms with Crippen molar-refractivity contribution in [1.29, 1.82) is 0 Å². The van der Waals surface area contributed by atoms with E-state index in [0.29, 0.717) is 12.8 Å². The molecule has 2 aromatic carbocycles. The average Bonchev–Trinajstić information content (AvgIpc) is 2.87. The lowest BCUT2D eigenvalue weighted by Crippen LogP contribution is -2.36. The second kappa shape index (κ2) is 6.16. The lowest BCUT2D eigenvalue weighted by Gasteiger charge is -2.17. The summed E-state index contributed by atoms with van der Waals surface area (Å²) in [6.45, 7) is 0. The smallest absolute Gasteiger partial charge is 0.207 e. The molecule has 0 amide bonds. The molecule has 0 spiro atoms. The summed E-state index contributed by atoms with van der Waals surface area (Å²) in [5.74, 6) is 0. The molecule has 1 N–H and O–H groups in total. The third kappa shape index (κ3) is 3.50. The van der Waals surface area contributed by atoms with Gasteiger partial charge in [-0.15, -0.1) is 0 Å². The zero-order valence-electron chi connectivity index (χ0n) is 12.3. The van der Waals surface area contributed by atoms with Gasteiger partial charge >= 0.3 is 6.18 Å². The first-order chi connectivity index (χ1) is 11.2. The zero-order chi connectivity index (χ0) is 17.5. The van der Waals surface area contributed by atoms with Crippen LogP contribution < -0.4 is 4.72 Å². The first kappa shape index (κ1) is 17.4. The van der Waals surface area contributed by atoms with Gasteiger partial charge in [-0.1, -0.05) is 40.2 Å². The molecule has 0 saturated carbocycles. The van der Waals surface area contributed by atoms with Gasteiger partial charge in [-0.05, 0) is 42.2 Å². The molecule has 2 aromatic rings. The van der Waals surface area contributed by atoms with Crippen LogP contribution in [0.15, 0.2) is 51.8 Å². The summed E-state index contributed by atoms with van der Waals surface area (Å²) in [4.78, 5) is -0.755. The molecule has 0 unspecified atom stereocenters. The van der Waals surface area contributed by atoms with Gasteiger partial charge in [-0.3, -0.25) is 0 Å². The predicted octanol–water partition coefficient (Wildman–Crippen LogP) is 3.91. The van der Waals surface area contributed by atoms with Crippen LogP contribution in [0.1, 0.15) is 16.7 Å². The van der Waals surface area contributed by atoms with E-state index in [1.54, 1.807) is 0 Å². The third-order valence-electron chi connectivity index (χ3n) is 3.91. The molecule has 8 heteroatoms. The number of hydrogen-bond acceptors (Lipinski definition) is 2. The Morgan fingerprint density at radius 2 is 1.62 bits per heavy atom. The molecule has 0 saturated heterocycles. The van der Waals surface area contributed by atoms with Crippen LogP contribution in [0.5, 0.6) is 0 Å². The molecule has 0 atom stereocenters. The van der Waals surface area contributed by atoms with Gasteiger partial charge in [-0.2, -0.15) is 13.2 Å². The molecule has 1 aliphatic carbocycles. The summed E-state index contributed by atoms with van der Waals surface area (Å²) in [6, 6.07) is 10.1. The second-order valence-corrected chi connectivity index (χ2v) is 8.23. The summed E-state index contributed by atoms with van der Waals surface area (Å²) in [5.41, 5.74) is 0.842. The van der Waals surface area contributed by atoms with Crippen molar-refractivity contribution in [3.63, 3.8) is 0 Å². The topological polar surface area (TPSA) is 46.2 Å². The highest BCUT2D eigenvalue weighted by atomic mass is 79.9. The maximum atomic E-state index is 13.2. The molecule has 0 fully saturated rings. The summed E-state index contributed by atoms with van der Waals surface area (Å²) >= 11 is 2.95. The van der Waals surface area contributed by atoms with Crippen molar-refractivity contribution in [2.75, 3.05) is 0 Å². The van der Waals surface area contributed by atoms with Gasteiger partial charge in [0.1, 0.15) is 0 Å². The Bertz CT molecular complexity index is 856. The monoisotopic (exact) mass is 419 g/mol. The minimum Gasteiger partial charge on any atom is -0.207 e. The van der Waals surface area contributed by atoms with E-state index in [0.717, 1.165) is 23.3 Å². The maximum absolute atomic E-state index is 13.2. The van der Waals surface area contributed by atoms with Crippen LogP contribution in [-0.2, 0) is 29.0 Å². The first-order valence-electron chi connectivity index (χ1n) is 7.13. The minimum atomic E-state index is -4.76. The molecule has 128 valence electrons. The molecule has 3 nitrogen and oxygen atoms in total. The molecule has 0 bridgehead atoms. The Kier molecular flexibility index (Phi) is 4.48. The van der Waals surface area contributed by atoms with Crippen molar-refractivity contribution >= 4 is 26.0 Å². The molecule has 24 heavy (non-hydrogen) atoms. The van der Waals surface area contributed by atoms with E-state index >= 15 is 0 Å². The standard InChI is InChI=1S/C16H13BrF3NO2S/c17-12-5-6-15(14(9-12)16(18,19)20)24(22,23)21-13-7-10-3-1-2-4-11(10)8-13/h1-6,9,13,21H,7-8H2. The number of nitrogens with one attached hydrogen (secondary N) is 1. The highest BCUT2D eigenvalue weighted by Crippen LogP contribution is 2.36. The molecule has 3 rings (SSSR count). The largest absolute Gasteiger partial charge is 0.417 e. The highest BCUT2D eigenvalue weighted by molar-refractivity contribution is 9.10. The molecule has 0 aliphatic heterocycles. The number of alkyl halides is 3. The van der Waals surface area contributed by atoms with Crippen molar-refractivity contribution in [1.82, 2.24) is 4.72 Å². The Hall–Kier alpha value is -1.38. The number of rotatable bonds is 3. The van der Waals surface area contributed by atoms with Crippen LogP contribution in [-0.4, -0.2) is 14.5 Å². The Labute approximate surface area is 146 Å². The van der Waals surface area contributed by atoms with E-state index in [2.05, 4.69) is 20.7 Å². The average molecular weight is 420 g/mol. The SMILES string of the molecule is O=S(=O)(NC1Cc2ccccc2C1)c1ccc(Br)cc1C(F)(F)F. The number of hydrogen-bond donors (Lipinski definition) is 1. The van der Waals surface area contributed by atoms with Crippen LogP contribution in [0, 0.1) is 0 Å². The maximum Gasteiger partial charge on any atom is 0.417 e. The summed E-state index contributed by atoms with van der Waals surface area (Å²) < 4.78 is 67.1. The van der Waals surface area contributed by atoms with Crippen LogP contribution in [0.25, 0.3) is 0 Å².